The molecule has 0 spiro atoms. The predicted molar refractivity (Wildman–Crippen MR) is 113 cm³/mol. The predicted octanol–water partition coefficient (Wildman–Crippen LogP) is 4.61. The number of carbonyl (C=O) groups is 1. The van der Waals surface area contributed by atoms with E-state index in [1.54, 1.807) is 0 Å². The highest BCUT2D eigenvalue weighted by atomic mass is 16.1. The topological polar surface area (TPSA) is 58.1 Å². The van der Waals surface area contributed by atoms with E-state index >= 15 is 0 Å². The van der Waals surface area contributed by atoms with Gasteiger partial charge in [0.1, 0.15) is 0 Å². The van der Waals surface area contributed by atoms with Gasteiger partial charge in [-0.2, -0.15) is 0 Å². The molecule has 0 radical (unpaired) electrons. The van der Waals surface area contributed by atoms with E-state index in [1.807, 2.05) is 62.4 Å². The van der Waals surface area contributed by atoms with Crippen LogP contribution in [0.25, 0.3) is 11.3 Å². The van der Waals surface area contributed by atoms with Crippen LogP contribution in [0.3, 0.4) is 0 Å². The summed E-state index contributed by atoms with van der Waals surface area (Å²) in [6.45, 7) is 6.14. The van der Waals surface area contributed by atoms with Gasteiger partial charge in [0.15, 0.2) is 5.82 Å². The number of nitrogens with one attached hydrogen (secondary N) is 1. The van der Waals surface area contributed by atoms with Gasteiger partial charge in [0.2, 0.25) is 0 Å². The van der Waals surface area contributed by atoms with Crippen molar-refractivity contribution in [1.82, 2.24) is 10.2 Å². The van der Waals surface area contributed by atoms with Gasteiger partial charge in [0.05, 0.1) is 5.69 Å². The van der Waals surface area contributed by atoms with Crippen molar-refractivity contribution in [2.45, 2.75) is 26.7 Å². The molecule has 0 bridgehead atoms. The average Bonchev–Trinajstić information content (AvgIpc) is 3.25. The number of aryl methyl sites for hydroxylation is 2. The van der Waals surface area contributed by atoms with E-state index in [2.05, 4.69) is 26.5 Å². The number of aromatic nitrogens is 2. The van der Waals surface area contributed by atoms with Crippen molar-refractivity contribution in [2.24, 2.45) is 0 Å². The van der Waals surface area contributed by atoms with E-state index in [0.29, 0.717) is 5.56 Å². The number of amides is 1. The van der Waals surface area contributed by atoms with Gasteiger partial charge >= 0.3 is 0 Å². The van der Waals surface area contributed by atoms with Crippen molar-refractivity contribution < 1.29 is 4.79 Å². The summed E-state index contributed by atoms with van der Waals surface area (Å²) in [5.74, 6) is 0.819. The van der Waals surface area contributed by atoms with Crippen LogP contribution in [0.4, 0.5) is 11.5 Å². The molecule has 1 aromatic heterocycles. The quantitative estimate of drug-likeness (QED) is 0.726. The second-order valence-corrected chi connectivity index (χ2v) is 7.32. The zero-order valence-electron chi connectivity index (χ0n) is 16.3. The van der Waals surface area contributed by atoms with Gasteiger partial charge in [-0.3, -0.25) is 4.79 Å². The monoisotopic (exact) mass is 372 g/mol. The van der Waals surface area contributed by atoms with Gasteiger partial charge in [-0.25, -0.2) is 0 Å². The molecule has 2 aromatic carbocycles. The fraction of sp³-hybridized carbons (Fsp3) is 0.261. The van der Waals surface area contributed by atoms with Crippen molar-refractivity contribution in [2.75, 3.05) is 23.3 Å². The van der Waals surface area contributed by atoms with Gasteiger partial charge in [0, 0.05) is 29.9 Å². The Bertz CT molecular complexity index is 974. The number of rotatable bonds is 4. The molecular formula is C23H24N4O. The third kappa shape index (κ3) is 3.88. The highest BCUT2D eigenvalue weighted by molar-refractivity contribution is 6.04. The summed E-state index contributed by atoms with van der Waals surface area (Å²) >= 11 is 0. The molecule has 142 valence electrons. The molecular weight excluding hydrogens is 348 g/mol. The fourth-order valence-electron chi connectivity index (χ4n) is 3.53. The van der Waals surface area contributed by atoms with Crippen LogP contribution < -0.4 is 10.2 Å². The molecule has 0 unspecified atom stereocenters. The Balaban J connectivity index is 1.46. The summed E-state index contributed by atoms with van der Waals surface area (Å²) < 4.78 is 0. The first-order valence-corrected chi connectivity index (χ1v) is 9.68. The molecule has 0 atom stereocenters. The van der Waals surface area contributed by atoms with Crippen LogP contribution in [-0.4, -0.2) is 29.2 Å². The van der Waals surface area contributed by atoms with Crippen molar-refractivity contribution in [3.05, 3.63) is 71.3 Å². The molecule has 1 aliphatic heterocycles. The summed E-state index contributed by atoms with van der Waals surface area (Å²) in [4.78, 5) is 14.8. The molecule has 2 heterocycles. The van der Waals surface area contributed by atoms with Crippen molar-refractivity contribution in [3.8, 4) is 11.3 Å². The van der Waals surface area contributed by atoms with E-state index in [-0.39, 0.29) is 5.91 Å². The lowest BCUT2D eigenvalue weighted by Gasteiger charge is -2.15. The Morgan fingerprint density at radius 2 is 1.68 bits per heavy atom. The Morgan fingerprint density at radius 1 is 0.929 bits per heavy atom. The molecule has 0 aliphatic carbocycles. The minimum Gasteiger partial charge on any atom is -0.355 e. The summed E-state index contributed by atoms with van der Waals surface area (Å²) in [6.07, 6.45) is 2.43. The second-order valence-electron chi connectivity index (χ2n) is 7.32. The number of benzene rings is 2. The zero-order valence-corrected chi connectivity index (χ0v) is 16.3. The van der Waals surface area contributed by atoms with Crippen LogP contribution >= 0.6 is 0 Å². The first kappa shape index (κ1) is 18.2. The highest BCUT2D eigenvalue weighted by Gasteiger charge is 2.14. The Labute approximate surface area is 165 Å². The smallest absolute Gasteiger partial charge is 0.255 e. The molecule has 28 heavy (non-hydrogen) atoms. The molecule has 1 aliphatic rings. The Kier molecular flexibility index (Phi) is 5.06. The molecule has 1 N–H and O–H groups in total. The zero-order chi connectivity index (χ0) is 19.5. The molecule has 3 aromatic rings. The standard InChI is InChI=1S/C23H24N4O/c1-16-5-10-20(17(2)15-16)24-23(28)19-8-6-18(7-9-19)21-11-12-22(26-25-21)27-13-3-4-14-27/h5-12,15H,3-4,13-14H2,1-2H3,(H,24,28). The highest BCUT2D eigenvalue weighted by Crippen LogP contribution is 2.22. The minimum atomic E-state index is -0.117. The van der Waals surface area contributed by atoms with Crippen LogP contribution in [0.1, 0.15) is 34.3 Å². The lowest BCUT2D eigenvalue weighted by atomic mass is 10.1. The Morgan fingerprint density at radius 3 is 2.32 bits per heavy atom. The van der Waals surface area contributed by atoms with E-state index in [1.165, 1.54) is 18.4 Å². The normalized spacial score (nSPS) is 13.6. The summed E-state index contributed by atoms with van der Waals surface area (Å²) in [7, 11) is 0. The molecule has 1 fully saturated rings. The molecule has 5 nitrogen and oxygen atoms in total. The lowest BCUT2D eigenvalue weighted by molar-refractivity contribution is 0.102. The number of carbonyl (C=O) groups excluding carboxylic acids is 1. The summed E-state index contributed by atoms with van der Waals surface area (Å²) in [5.41, 5.74) is 5.44. The van der Waals surface area contributed by atoms with Crippen LogP contribution in [0.2, 0.25) is 0 Å². The maximum Gasteiger partial charge on any atom is 0.255 e. The second kappa shape index (κ2) is 7.80. The average molecular weight is 372 g/mol. The maximum absolute atomic E-state index is 12.5. The van der Waals surface area contributed by atoms with Crippen molar-refractivity contribution in [1.29, 1.82) is 0 Å². The number of nitrogens with zero attached hydrogens (tertiary/aromatic N) is 3. The minimum absolute atomic E-state index is 0.117. The first-order valence-electron chi connectivity index (χ1n) is 9.68. The molecule has 4 rings (SSSR count). The van der Waals surface area contributed by atoms with Crippen LogP contribution in [-0.2, 0) is 0 Å². The van der Waals surface area contributed by atoms with Gasteiger partial charge in [-0.05, 0) is 62.6 Å². The van der Waals surface area contributed by atoms with Gasteiger partial charge in [0.25, 0.3) is 5.91 Å². The van der Waals surface area contributed by atoms with E-state index < -0.39 is 0 Å². The maximum atomic E-state index is 12.5. The molecule has 1 saturated heterocycles. The molecule has 5 heteroatoms. The van der Waals surface area contributed by atoms with Crippen LogP contribution in [0.5, 0.6) is 0 Å². The Hall–Kier alpha value is -3.21. The lowest BCUT2D eigenvalue weighted by Crippen LogP contribution is -2.19. The third-order valence-electron chi connectivity index (χ3n) is 5.15. The van der Waals surface area contributed by atoms with E-state index in [0.717, 1.165) is 41.4 Å². The van der Waals surface area contributed by atoms with Gasteiger partial charge in [-0.1, -0.05) is 29.8 Å². The van der Waals surface area contributed by atoms with Crippen molar-refractivity contribution in [3.63, 3.8) is 0 Å². The number of hydrogen-bond acceptors (Lipinski definition) is 4. The molecule has 0 saturated carbocycles. The van der Waals surface area contributed by atoms with E-state index in [9.17, 15) is 4.79 Å². The first-order chi connectivity index (χ1) is 13.6. The largest absolute Gasteiger partial charge is 0.355 e. The molecule has 1 amide bonds. The van der Waals surface area contributed by atoms with Gasteiger partial charge < -0.3 is 10.2 Å². The number of hydrogen-bond donors (Lipinski definition) is 1. The number of anilines is 2. The van der Waals surface area contributed by atoms with Gasteiger partial charge in [-0.15, -0.1) is 10.2 Å². The van der Waals surface area contributed by atoms with Crippen molar-refractivity contribution >= 4 is 17.4 Å². The van der Waals surface area contributed by atoms with E-state index in [4.69, 9.17) is 0 Å². The van der Waals surface area contributed by atoms with Crippen LogP contribution in [0.15, 0.2) is 54.6 Å². The summed E-state index contributed by atoms with van der Waals surface area (Å²) in [6, 6.07) is 17.5. The van der Waals surface area contributed by atoms with Crippen LogP contribution in [0, 0.1) is 13.8 Å². The summed E-state index contributed by atoms with van der Waals surface area (Å²) in [5, 5.41) is 11.7. The SMILES string of the molecule is Cc1ccc(NC(=O)c2ccc(-c3ccc(N4CCCC4)nn3)cc2)c(C)c1. The fourth-order valence-corrected chi connectivity index (χ4v) is 3.53. The third-order valence-corrected chi connectivity index (χ3v) is 5.15.